The first-order valence-electron chi connectivity index (χ1n) is 7.73. The predicted molar refractivity (Wildman–Crippen MR) is 97.4 cm³/mol. The summed E-state index contributed by atoms with van der Waals surface area (Å²) < 4.78 is 31.3. The summed E-state index contributed by atoms with van der Waals surface area (Å²) in [6.45, 7) is 3.45. The van der Waals surface area contributed by atoms with Gasteiger partial charge in [-0.3, -0.25) is 4.79 Å². The van der Waals surface area contributed by atoms with Gasteiger partial charge >= 0.3 is 0 Å². The maximum absolute atomic E-state index is 12.3. The van der Waals surface area contributed by atoms with Crippen LogP contribution in [-0.2, 0) is 14.8 Å². The maximum Gasteiger partial charge on any atom is 0.262 e. The predicted octanol–water partition coefficient (Wildman–Crippen LogP) is 2.57. The van der Waals surface area contributed by atoms with Crippen LogP contribution in [0.25, 0.3) is 0 Å². The number of sulfonamides is 1. The molecule has 0 saturated heterocycles. The number of hydrogen-bond acceptors (Lipinski definition) is 4. The molecule has 6 nitrogen and oxygen atoms in total. The molecule has 0 unspecified atom stereocenters. The van der Waals surface area contributed by atoms with E-state index >= 15 is 0 Å². The molecule has 0 saturated carbocycles. The van der Waals surface area contributed by atoms with Gasteiger partial charge in [-0.05, 0) is 43.2 Å². The maximum atomic E-state index is 12.3. The Morgan fingerprint density at radius 1 is 1.08 bits per heavy atom. The summed E-state index contributed by atoms with van der Waals surface area (Å²) in [6.07, 6.45) is 0. The lowest BCUT2D eigenvalue weighted by Gasteiger charge is -2.15. The second-order valence-corrected chi connectivity index (χ2v) is 7.99. The number of nitrogens with one attached hydrogen (secondary N) is 1. The highest BCUT2D eigenvalue weighted by Gasteiger charge is 2.20. The highest BCUT2D eigenvalue weighted by molar-refractivity contribution is 7.89. The molecule has 0 heterocycles. The van der Waals surface area contributed by atoms with Crippen LogP contribution < -0.4 is 10.1 Å². The van der Waals surface area contributed by atoms with E-state index in [1.807, 2.05) is 25.1 Å². The molecule has 2 aromatic rings. The molecule has 0 aliphatic carbocycles. The zero-order valence-corrected chi connectivity index (χ0v) is 15.6. The number of ether oxygens (including phenoxy) is 1. The Morgan fingerprint density at radius 2 is 1.76 bits per heavy atom. The molecule has 0 aliphatic heterocycles. The fourth-order valence-electron chi connectivity index (χ4n) is 2.21. The van der Waals surface area contributed by atoms with Gasteiger partial charge in [-0.25, -0.2) is 12.7 Å². The summed E-state index contributed by atoms with van der Waals surface area (Å²) in [5, 5.41) is 2.66. The highest BCUT2D eigenvalue weighted by atomic mass is 32.2. The minimum absolute atomic E-state index is 0.158. The number of carbonyl (C=O) groups is 1. The van der Waals surface area contributed by atoms with Gasteiger partial charge in [0.2, 0.25) is 10.0 Å². The summed E-state index contributed by atoms with van der Waals surface area (Å²) in [5.74, 6) is 0.276. The van der Waals surface area contributed by atoms with Crippen molar-refractivity contribution in [1.29, 1.82) is 0 Å². The fourth-order valence-corrected chi connectivity index (χ4v) is 3.36. The van der Waals surface area contributed by atoms with Crippen LogP contribution in [-0.4, -0.2) is 39.3 Å². The van der Waals surface area contributed by atoms with Gasteiger partial charge in [0.25, 0.3) is 5.91 Å². The lowest BCUT2D eigenvalue weighted by Crippen LogP contribution is -2.24. The molecule has 0 fully saturated rings. The van der Waals surface area contributed by atoms with E-state index in [2.05, 4.69) is 5.32 Å². The van der Waals surface area contributed by atoms with E-state index in [4.69, 9.17) is 4.74 Å². The molecule has 0 aliphatic rings. The third-order valence-electron chi connectivity index (χ3n) is 3.68. The van der Waals surface area contributed by atoms with E-state index in [0.717, 1.165) is 9.87 Å². The molecule has 0 spiro atoms. The van der Waals surface area contributed by atoms with Crippen LogP contribution in [0, 0.1) is 13.8 Å². The van der Waals surface area contributed by atoms with Gasteiger partial charge in [-0.15, -0.1) is 0 Å². The number of nitrogens with zero attached hydrogens (tertiary/aromatic N) is 1. The smallest absolute Gasteiger partial charge is 0.262 e. The van der Waals surface area contributed by atoms with E-state index in [0.29, 0.717) is 17.0 Å². The number of aryl methyl sites for hydroxylation is 2. The normalized spacial score (nSPS) is 11.4. The molecule has 7 heteroatoms. The quantitative estimate of drug-likeness (QED) is 0.857. The van der Waals surface area contributed by atoms with E-state index in [1.165, 1.54) is 20.2 Å². The molecule has 1 amide bonds. The number of benzene rings is 2. The van der Waals surface area contributed by atoms with Crippen LogP contribution in [0.5, 0.6) is 5.75 Å². The van der Waals surface area contributed by atoms with Gasteiger partial charge in [-0.1, -0.05) is 24.3 Å². The first kappa shape index (κ1) is 19.0. The Labute approximate surface area is 148 Å². The molecule has 0 bridgehead atoms. The third kappa shape index (κ3) is 4.58. The lowest BCUT2D eigenvalue weighted by molar-refractivity contribution is -0.118. The molecule has 25 heavy (non-hydrogen) atoms. The zero-order valence-electron chi connectivity index (χ0n) is 14.7. The Morgan fingerprint density at radius 3 is 2.40 bits per heavy atom. The van der Waals surface area contributed by atoms with E-state index in [-0.39, 0.29) is 17.4 Å². The van der Waals surface area contributed by atoms with Gasteiger partial charge in [0.05, 0.1) is 4.90 Å². The van der Waals surface area contributed by atoms with Crippen LogP contribution in [0.1, 0.15) is 11.1 Å². The van der Waals surface area contributed by atoms with Crippen LogP contribution in [0.15, 0.2) is 47.4 Å². The van der Waals surface area contributed by atoms with Crippen molar-refractivity contribution in [3.63, 3.8) is 0 Å². The molecule has 2 aromatic carbocycles. The van der Waals surface area contributed by atoms with Crippen molar-refractivity contribution in [2.45, 2.75) is 18.7 Å². The minimum Gasteiger partial charge on any atom is -0.483 e. The van der Waals surface area contributed by atoms with Crippen molar-refractivity contribution >= 4 is 21.6 Å². The first-order valence-corrected chi connectivity index (χ1v) is 9.17. The number of anilines is 1. The van der Waals surface area contributed by atoms with E-state index in [1.54, 1.807) is 25.1 Å². The largest absolute Gasteiger partial charge is 0.483 e. The Kier molecular flexibility index (Phi) is 5.81. The molecule has 134 valence electrons. The van der Waals surface area contributed by atoms with Gasteiger partial charge in [0.1, 0.15) is 5.75 Å². The topological polar surface area (TPSA) is 75.7 Å². The number of rotatable bonds is 6. The van der Waals surface area contributed by atoms with Gasteiger partial charge in [-0.2, -0.15) is 0 Å². The van der Waals surface area contributed by atoms with Gasteiger partial charge in [0, 0.05) is 19.8 Å². The molecular formula is C18H22N2O4S. The summed E-state index contributed by atoms with van der Waals surface area (Å²) in [7, 11) is -0.639. The van der Waals surface area contributed by atoms with Crippen molar-refractivity contribution < 1.29 is 17.9 Å². The van der Waals surface area contributed by atoms with E-state index < -0.39 is 10.0 Å². The summed E-state index contributed by atoms with van der Waals surface area (Å²) >= 11 is 0. The number of carbonyl (C=O) groups excluding carboxylic acids is 1. The highest BCUT2D eigenvalue weighted by Crippen LogP contribution is 2.22. The monoisotopic (exact) mass is 362 g/mol. The van der Waals surface area contributed by atoms with Crippen molar-refractivity contribution in [3.8, 4) is 5.75 Å². The average Bonchev–Trinajstić information content (AvgIpc) is 2.55. The number of para-hydroxylation sites is 1. The molecule has 0 atom stereocenters. The molecule has 2 rings (SSSR count). The Hall–Kier alpha value is -2.38. The summed E-state index contributed by atoms with van der Waals surface area (Å²) in [6, 6.07) is 12.2. The summed E-state index contributed by atoms with van der Waals surface area (Å²) in [5.41, 5.74) is 1.96. The van der Waals surface area contributed by atoms with Crippen LogP contribution in [0.2, 0.25) is 0 Å². The fraction of sp³-hybridized carbons (Fsp3) is 0.278. The lowest BCUT2D eigenvalue weighted by atomic mass is 10.2. The average molecular weight is 362 g/mol. The Balaban J connectivity index is 2.10. The summed E-state index contributed by atoms with van der Waals surface area (Å²) in [4.78, 5) is 12.2. The molecule has 0 radical (unpaired) electrons. The van der Waals surface area contributed by atoms with Crippen molar-refractivity contribution in [2.24, 2.45) is 0 Å². The van der Waals surface area contributed by atoms with Crippen molar-refractivity contribution in [3.05, 3.63) is 53.6 Å². The molecular weight excluding hydrogens is 340 g/mol. The van der Waals surface area contributed by atoms with Crippen LogP contribution in [0.3, 0.4) is 0 Å². The first-order chi connectivity index (χ1) is 11.7. The number of hydrogen-bond donors (Lipinski definition) is 1. The van der Waals surface area contributed by atoms with Gasteiger partial charge < -0.3 is 10.1 Å². The van der Waals surface area contributed by atoms with Crippen molar-refractivity contribution in [2.75, 3.05) is 26.0 Å². The number of amides is 1. The molecule has 1 N–H and O–H groups in total. The second-order valence-electron chi connectivity index (χ2n) is 5.87. The second kappa shape index (κ2) is 7.67. The third-order valence-corrected chi connectivity index (χ3v) is 5.64. The van der Waals surface area contributed by atoms with Crippen molar-refractivity contribution in [1.82, 2.24) is 4.31 Å². The van der Waals surface area contributed by atoms with Crippen LogP contribution >= 0.6 is 0 Å². The van der Waals surface area contributed by atoms with E-state index in [9.17, 15) is 13.2 Å². The van der Waals surface area contributed by atoms with Gasteiger partial charge in [0.15, 0.2) is 6.61 Å². The minimum atomic E-state index is -3.58. The Bertz CT molecular complexity index is 876. The van der Waals surface area contributed by atoms with Crippen LogP contribution in [0.4, 0.5) is 5.69 Å². The molecule has 0 aromatic heterocycles. The SMILES string of the molecule is Cc1ccccc1OCC(=O)Nc1ccc(C)c(S(=O)(=O)N(C)C)c1. The standard InChI is InChI=1S/C18H22N2O4S/c1-13-7-5-6-8-16(13)24-12-18(21)19-15-10-9-14(2)17(11-15)25(22,23)20(3)4/h5-11H,12H2,1-4H3,(H,19,21). The zero-order chi connectivity index (χ0) is 18.6.